The summed E-state index contributed by atoms with van der Waals surface area (Å²) in [6.07, 6.45) is 0. The number of anilines is 1. The highest BCUT2D eigenvalue weighted by molar-refractivity contribution is 14.1. The van der Waals surface area contributed by atoms with Crippen LogP contribution in [0.5, 0.6) is 0 Å². The minimum atomic E-state index is 0.780. The lowest BCUT2D eigenvalue weighted by atomic mass is 10.3. The lowest BCUT2D eigenvalue weighted by molar-refractivity contribution is 1.41. The third-order valence-electron chi connectivity index (χ3n) is 1.18. The average Bonchev–Trinajstić information content (AvgIpc) is 1.88. The van der Waals surface area contributed by atoms with Crippen LogP contribution in [0.25, 0.3) is 0 Å². The topological polar surface area (TPSA) is 3.24 Å². The Morgan fingerprint density at radius 2 is 1.80 bits per heavy atom. The first-order valence-electron chi connectivity index (χ1n) is 2.85. The molecule has 1 aromatic rings. The quantitative estimate of drug-likeness (QED) is 0.558. The maximum absolute atomic E-state index is 5.70. The molecule has 0 aromatic heterocycles. The predicted octanol–water partition coefficient (Wildman–Crippen LogP) is 3.13. The average molecular weight is 267 g/mol. The molecule has 0 saturated heterocycles. The summed E-state index contributed by atoms with van der Waals surface area (Å²) in [4.78, 5) is 0. The van der Waals surface area contributed by atoms with Crippen LogP contribution >= 0.6 is 34.5 Å². The van der Waals surface area contributed by atoms with E-state index < -0.39 is 0 Å². The van der Waals surface area contributed by atoms with E-state index in [1.165, 1.54) is 0 Å². The number of nitrogens with zero attached hydrogens (tertiary/aromatic N) is 1. The molecule has 3 heteroatoms. The van der Waals surface area contributed by atoms with Crippen molar-refractivity contribution >= 4 is 40.2 Å². The second-order valence-electron chi connectivity index (χ2n) is 1.95. The monoisotopic (exact) mass is 267 g/mol. The Kier molecular flexibility index (Phi) is 2.80. The highest BCUT2D eigenvalue weighted by atomic mass is 127. The molecule has 0 saturated carbocycles. The van der Waals surface area contributed by atoms with Crippen LogP contribution in [0.15, 0.2) is 24.3 Å². The molecule has 0 N–H and O–H groups in total. The van der Waals surface area contributed by atoms with E-state index in [0.717, 1.165) is 10.7 Å². The molecule has 0 bridgehead atoms. The fraction of sp³-hybridized carbons (Fsp3) is 0.143. The van der Waals surface area contributed by atoms with Crippen molar-refractivity contribution < 1.29 is 0 Å². The third kappa shape index (κ3) is 2.02. The Balaban J connectivity index is 2.89. The highest BCUT2D eigenvalue weighted by Crippen LogP contribution is 2.18. The van der Waals surface area contributed by atoms with Crippen molar-refractivity contribution in [3.05, 3.63) is 29.3 Å². The van der Waals surface area contributed by atoms with Gasteiger partial charge in [0, 0.05) is 17.8 Å². The minimum absolute atomic E-state index is 0.780. The molecule has 1 rings (SSSR count). The zero-order valence-electron chi connectivity index (χ0n) is 5.51. The number of halogens is 2. The van der Waals surface area contributed by atoms with Gasteiger partial charge < -0.3 is 3.11 Å². The van der Waals surface area contributed by atoms with Crippen LogP contribution in [0.1, 0.15) is 0 Å². The molecule has 0 fully saturated rings. The summed E-state index contributed by atoms with van der Waals surface area (Å²) in [5, 5.41) is 0.780. The molecular formula is C7H7ClIN. The van der Waals surface area contributed by atoms with Crippen molar-refractivity contribution in [1.29, 1.82) is 0 Å². The summed E-state index contributed by atoms with van der Waals surface area (Å²) in [5.74, 6) is 0. The summed E-state index contributed by atoms with van der Waals surface area (Å²) in [5.41, 5.74) is 1.16. The van der Waals surface area contributed by atoms with E-state index in [-0.39, 0.29) is 0 Å². The Hall–Kier alpha value is 0.0400. The van der Waals surface area contributed by atoms with Crippen LogP contribution in [0.2, 0.25) is 5.02 Å². The number of rotatable bonds is 1. The van der Waals surface area contributed by atoms with Gasteiger partial charge in [-0.05, 0) is 24.3 Å². The molecule has 0 aliphatic rings. The maximum Gasteiger partial charge on any atom is 0.0588 e. The van der Waals surface area contributed by atoms with Crippen molar-refractivity contribution in [2.24, 2.45) is 0 Å². The van der Waals surface area contributed by atoms with Gasteiger partial charge in [0.25, 0.3) is 0 Å². The van der Waals surface area contributed by atoms with Crippen LogP contribution in [0.3, 0.4) is 0 Å². The van der Waals surface area contributed by atoms with Crippen LogP contribution in [-0.4, -0.2) is 7.05 Å². The molecule has 1 nitrogen and oxygen atoms in total. The van der Waals surface area contributed by atoms with E-state index in [9.17, 15) is 0 Å². The number of benzene rings is 1. The lowest BCUT2D eigenvalue weighted by Gasteiger charge is -2.08. The Morgan fingerprint density at radius 1 is 1.30 bits per heavy atom. The van der Waals surface area contributed by atoms with E-state index >= 15 is 0 Å². The Labute approximate surface area is 79.5 Å². The van der Waals surface area contributed by atoms with Crippen molar-refractivity contribution in [1.82, 2.24) is 0 Å². The molecule has 1 aromatic carbocycles. The van der Waals surface area contributed by atoms with Crippen molar-refractivity contribution in [3.63, 3.8) is 0 Å². The summed E-state index contributed by atoms with van der Waals surface area (Å²) in [6, 6.07) is 7.72. The largest absolute Gasteiger partial charge is 0.318 e. The minimum Gasteiger partial charge on any atom is -0.318 e. The van der Waals surface area contributed by atoms with Crippen LogP contribution < -0.4 is 3.11 Å². The predicted molar refractivity (Wildman–Crippen MR) is 53.9 cm³/mol. The van der Waals surface area contributed by atoms with Crippen molar-refractivity contribution in [2.75, 3.05) is 10.2 Å². The van der Waals surface area contributed by atoms with Gasteiger partial charge in [0.2, 0.25) is 0 Å². The van der Waals surface area contributed by atoms with Crippen LogP contribution in [0, 0.1) is 0 Å². The summed E-state index contributed by atoms with van der Waals surface area (Å²) in [7, 11) is 1.99. The van der Waals surface area contributed by atoms with Gasteiger partial charge in [0.1, 0.15) is 0 Å². The zero-order chi connectivity index (χ0) is 7.56. The molecule has 0 atom stereocenters. The summed E-state index contributed by atoms with van der Waals surface area (Å²) >= 11 is 7.91. The normalized spacial score (nSPS) is 9.50. The van der Waals surface area contributed by atoms with Crippen molar-refractivity contribution in [3.8, 4) is 0 Å². The summed E-state index contributed by atoms with van der Waals surface area (Å²) < 4.78 is 2.01. The number of hydrogen-bond donors (Lipinski definition) is 0. The smallest absolute Gasteiger partial charge is 0.0588 e. The maximum atomic E-state index is 5.70. The van der Waals surface area contributed by atoms with Crippen molar-refractivity contribution in [2.45, 2.75) is 0 Å². The van der Waals surface area contributed by atoms with E-state index in [1.807, 2.05) is 34.4 Å². The van der Waals surface area contributed by atoms with Gasteiger partial charge in [-0.25, -0.2) is 0 Å². The first-order valence-corrected chi connectivity index (χ1v) is 4.19. The Bertz CT molecular complexity index is 207. The van der Waals surface area contributed by atoms with E-state index in [1.54, 1.807) is 0 Å². The third-order valence-corrected chi connectivity index (χ3v) is 1.99. The Morgan fingerprint density at radius 3 is 2.20 bits per heavy atom. The second-order valence-corrected chi connectivity index (χ2v) is 3.84. The first kappa shape index (κ1) is 8.14. The fourth-order valence-electron chi connectivity index (χ4n) is 0.647. The SMILES string of the molecule is CN(I)c1ccc(Cl)cc1. The number of hydrogen-bond acceptors (Lipinski definition) is 1. The molecule has 0 amide bonds. The van der Waals surface area contributed by atoms with Gasteiger partial charge in [0.05, 0.1) is 22.9 Å². The molecule has 0 aliphatic heterocycles. The van der Waals surface area contributed by atoms with Gasteiger partial charge in [-0.1, -0.05) is 11.6 Å². The van der Waals surface area contributed by atoms with E-state index in [0.29, 0.717) is 0 Å². The standard InChI is InChI=1S/C7H7ClIN/c1-10(9)7-4-2-6(8)3-5-7/h2-5H,1H3. The van der Waals surface area contributed by atoms with Gasteiger partial charge in [0.15, 0.2) is 0 Å². The van der Waals surface area contributed by atoms with Gasteiger partial charge in [-0.2, -0.15) is 0 Å². The highest BCUT2D eigenvalue weighted by Gasteiger charge is 1.93. The zero-order valence-corrected chi connectivity index (χ0v) is 8.43. The molecule has 0 unspecified atom stereocenters. The molecule has 10 heavy (non-hydrogen) atoms. The van der Waals surface area contributed by atoms with Crippen LogP contribution in [-0.2, 0) is 0 Å². The van der Waals surface area contributed by atoms with Gasteiger partial charge >= 0.3 is 0 Å². The molecule has 0 radical (unpaired) electrons. The lowest BCUT2D eigenvalue weighted by Crippen LogP contribution is -1.97. The molecule has 0 heterocycles. The fourth-order valence-corrected chi connectivity index (χ4v) is 1.09. The van der Waals surface area contributed by atoms with Gasteiger partial charge in [-0.3, -0.25) is 0 Å². The molecule has 0 aliphatic carbocycles. The molecule has 54 valence electrons. The van der Waals surface area contributed by atoms with Crippen LogP contribution in [0.4, 0.5) is 5.69 Å². The van der Waals surface area contributed by atoms with E-state index in [4.69, 9.17) is 11.6 Å². The first-order chi connectivity index (χ1) is 4.70. The second kappa shape index (κ2) is 3.44. The molecular weight excluding hydrogens is 260 g/mol. The van der Waals surface area contributed by atoms with Gasteiger partial charge in [-0.15, -0.1) is 0 Å². The molecule has 0 spiro atoms. The van der Waals surface area contributed by atoms with E-state index in [2.05, 4.69) is 22.9 Å². The summed E-state index contributed by atoms with van der Waals surface area (Å²) in [6.45, 7) is 0.